The minimum atomic E-state index is -0.931. The number of carbonyl (C=O) groups is 1. The van der Waals surface area contributed by atoms with Crippen molar-refractivity contribution in [1.82, 2.24) is 0 Å². The number of ether oxygens (including phenoxy) is 1. The fourth-order valence-electron chi connectivity index (χ4n) is 2.57. The maximum atomic E-state index is 11.7. The molecule has 2 aromatic carbocycles. The highest BCUT2D eigenvalue weighted by molar-refractivity contribution is 6.21. The number of carboxylic acids is 1. The molecule has 2 rings (SSSR count). The highest BCUT2D eigenvalue weighted by Gasteiger charge is 2.13. The van der Waals surface area contributed by atoms with Gasteiger partial charge in [0.2, 0.25) is 0 Å². The van der Waals surface area contributed by atoms with E-state index in [1.807, 2.05) is 56.3 Å². The predicted molar refractivity (Wildman–Crippen MR) is 98.3 cm³/mol. The van der Waals surface area contributed by atoms with Gasteiger partial charge >= 0.3 is 5.97 Å². The molecule has 1 N–H and O–H groups in total. The molecular weight excluding hydrogens is 300 g/mol. The van der Waals surface area contributed by atoms with Crippen LogP contribution in [0.25, 0.3) is 11.6 Å². The number of benzene rings is 2. The molecule has 0 amide bonds. The Balaban J connectivity index is 2.34. The Kier molecular flexibility index (Phi) is 6.19. The van der Waals surface area contributed by atoms with Gasteiger partial charge in [0.05, 0.1) is 12.2 Å². The highest BCUT2D eigenvalue weighted by atomic mass is 16.5. The van der Waals surface area contributed by atoms with E-state index in [9.17, 15) is 9.90 Å². The van der Waals surface area contributed by atoms with Crippen LogP contribution in [0.2, 0.25) is 0 Å². The molecular formula is C21H24O3. The Morgan fingerprint density at radius 3 is 2.62 bits per heavy atom. The van der Waals surface area contributed by atoms with Crippen molar-refractivity contribution < 1.29 is 14.6 Å². The Labute approximate surface area is 143 Å². The highest BCUT2D eigenvalue weighted by Crippen LogP contribution is 2.24. The second kappa shape index (κ2) is 8.34. The summed E-state index contributed by atoms with van der Waals surface area (Å²) in [5.41, 5.74) is 3.93. The van der Waals surface area contributed by atoms with E-state index in [0.29, 0.717) is 12.2 Å². The molecule has 0 spiro atoms. The first-order chi connectivity index (χ1) is 11.5. The van der Waals surface area contributed by atoms with Gasteiger partial charge < -0.3 is 9.84 Å². The summed E-state index contributed by atoms with van der Waals surface area (Å²) in [7, 11) is 0. The predicted octanol–water partition coefficient (Wildman–Crippen LogP) is 5.11. The smallest absolute Gasteiger partial charge is 0.336 e. The summed E-state index contributed by atoms with van der Waals surface area (Å²) in [6.07, 6.45) is 3.78. The summed E-state index contributed by atoms with van der Waals surface area (Å²) in [6.45, 7) is 6.72. The van der Waals surface area contributed by atoms with Crippen molar-refractivity contribution in [3.63, 3.8) is 0 Å². The Morgan fingerprint density at radius 1 is 1.17 bits per heavy atom. The van der Waals surface area contributed by atoms with Crippen molar-refractivity contribution in [2.45, 2.75) is 33.6 Å². The number of carboxylic acid groups (broad SMARTS) is 1. The molecule has 0 fully saturated rings. The molecule has 24 heavy (non-hydrogen) atoms. The van der Waals surface area contributed by atoms with Crippen molar-refractivity contribution in [2.24, 2.45) is 0 Å². The molecule has 0 aliphatic carbocycles. The molecule has 0 bridgehead atoms. The van der Waals surface area contributed by atoms with Gasteiger partial charge in [0.1, 0.15) is 5.75 Å². The molecule has 0 heterocycles. The van der Waals surface area contributed by atoms with E-state index in [-0.39, 0.29) is 0 Å². The van der Waals surface area contributed by atoms with Crippen LogP contribution in [0.1, 0.15) is 42.0 Å². The molecule has 0 aliphatic heterocycles. The van der Waals surface area contributed by atoms with Gasteiger partial charge in [0, 0.05) is 0 Å². The van der Waals surface area contributed by atoms with Crippen molar-refractivity contribution >= 4 is 17.6 Å². The molecule has 0 saturated carbocycles. The monoisotopic (exact) mass is 324 g/mol. The van der Waals surface area contributed by atoms with Crippen LogP contribution in [0.5, 0.6) is 5.75 Å². The number of hydrogen-bond acceptors (Lipinski definition) is 2. The van der Waals surface area contributed by atoms with E-state index in [4.69, 9.17) is 4.74 Å². The summed E-state index contributed by atoms with van der Waals surface area (Å²) in [5, 5.41) is 9.62. The average molecular weight is 324 g/mol. The van der Waals surface area contributed by atoms with Gasteiger partial charge in [-0.25, -0.2) is 4.79 Å². The minimum Gasteiger partial charge on any atom is -0.494 e. The van der Waals surface area contributed by atoms with Gasteiger partial charge in [-0.05, 0) is 55.2 Å². The Morgan fingerprint density at radius 2 is 1.96 bits per heavy atom. The molecule has 0 atom stereocenters. The number of rotatable bonds is 7. The van der Waals surface area contributed by atoms with Gasteiger partial charge in [-0.15, -0.1) is 0 Å². The first-order valence-corrected chi connectivity index (χ1v) is 8.26. The first kappa shape index (κ1) is 17.8. The zero-order chi connectivity index (χ0) is 17.5. The standard InChI is InChI=1S/C21H24O3/c1-4-5-11-24-18-8-6-7-17(13-18)14-20(21(22)23)19-10-9-15(2)12-16(19)3/h6-10,12-14H,4-5,11H2,1-3H3,(H,22,23)/b20-14-. The third-order valence-corrected chi connectivity index (χ3v) is 3.84. The maximum absolute atomic E-state index is 11.7. The van der Waals surface area contributed by atoms with Crippen LogP contribution in [-0.2, 0) is 4.79 Å². The Hall–Kier alpha value is -2.55. The second-order valence-corrected chi connectivity index (χ2v) is 5.96. The number of aliphatic carboxylic acids is 1. The van der Waals surface area contributed by atoms with Gasteiger partial charge in [-0.2, -0.15) is 0 Å². The van der Waals surface area contributed by atoms with E-state index >= 15 is 0 Å². The molecule has 0 radical (unpaired) electrons. The molecule has 0 unspecified atom stereocenters. The molecule has 0 aliphatic rings. The lowest BCUT2D eigenvalue weighted by atomic mass is 9.97. The Bertz CT molecular complexity index is 744. The van der Waals surface area contributed by atoms with Crippen molar-refractivity contribution in [3.8, 4) is 5.75 Å². The zero-order valence-electron chi connectivity index (χ0n) is 14.5. The lowest BCUT2D eigenvalue weighted by Gasteiger charge is -2.09. The SMILES string of the molecule is CCCCOc1cccc(/C=C(\C(=O)O)c2ccc(C)cc2C)c1. The lowest BCUT2D eigenvalue weighted by Crippen LogP contribution is -2.02. The summed E-state index contributed by atoms with van der Waals surface area (Å²) in [4.78, 5) is 11.7. The minimum absolute atomic E-state index is 0.290. The van der Waals surface area contributed by atoms with Gasteiger partial charge in [0.15, 0.2) is 0 Å². The normalized spacial score (nSPS) is 11.4. The summed E-state index contributed by atoms with van der Waals surface area (Å²) in [6, 6.07) is 13.3. The molecule has 0 saturated heterocycles. The lowest BCUT2D eigenvalue weighted by molar-refractivity contribution is -0.130. The van der Waals surface area contributed by atoms with Crippen molar-refractivity contribution in [3.05, 3.63) is 64.7 Å². The van der Waals surface area contributed by atoms with Crippen molar-refractivity contribution in [1.29, 1.82) is 0 Å². The molecule has 126 valence electrons. The maximum Gasteiger partial charge on any atom is 0.336 e. The largest absolute Gasteiger partial charge is 0.494 e. The van der Waals surface area contributed by atoms with E-state index < -0.39 is 5.97 Å². The van der Waals surface area contributed by atoms with Crippen LogP contribution in [-0.4, -0.2) is 17.7 Å². The molecule has 3 nitrogen and oxygen atoms in total. The number of unbranched alkanes of at least 4 members (excludes halogenated alkanes) is 1. The van der Waals surface area contributed by atoms with E-state index in [0.717, 1.165) is 40.8 Å². The number of aryl methyl sites for hydroxylation is 2. The molecule has 2 aromatic rings. The van der Waals surface area contributed by atoms with Crippen LogP contribution in [0.15, 0.2) is 42.5 Å². The first-order valence-electron chi connectivity index (χ1n) is 8.26. The molecule has 3 heteroatoms. The quantitative estimate of drug-likeness (QED) is 0.437. The fourth-order valence-corrected chi connectivity index (χ4v) is 2.57. The average Bonchev–Trinajstić information content (AvgIpc) is 2.54. The van der Waals surface area contributed by atoms with Crippen LogP contribution in [0.4, 0.5) is 0 Å². The van der Waals surface area contributed by atoms with Gasteiger partial charge in [0.25, 0.3) is 0 Å². The van der Waals surface area contributed by atoms with E-state index in [1.165, 1.54) is 0 Å². The zero-order valence-corrected chi connectivity index (χ0v) is 14.5. The van der Waals surface area contributed by atoms with Gasteiger partial charge in [-0.1, -0.05) is 49.2 Å². The van der Waals surface area contributed by atoms with Crippen LogP contribution < -0.4 is 4.74 Å². The topological polar surface area (TPSA) is 46.5 Å². The number of hydrogen-bond donors (Lipinski definition) is 1. The summed E-state index contributed by atoms with van der Waals surface area (Å²) < 4.78 is 5.70. The summed E-state index contributed by atoms with van der Waals surface area (Å²) >= 11 is 0. The van der Waals surface area contributed by atoms with Crippen LogP contribution in [0, 0.1) is 13.8 Å². The third-order valence-electron chi connectivity index (χ3n) is 3.84. The van der Waals surface area contributed by atoms with Crippen LogP contribution in [0.3, 0.4) is 0 Å². The van der Waals surface area contributed by atoms with E-state index in [2.05, 4.69) is 6.92 Å². The van der Waals surface area contributed by atoms with Crippen molar-refractivity contribution in [2.75, 3.05) is 6.61 Å². The second-order valence-electron chi connectivity index (χ2n) is 5.96. The van der Waals surface area contributed by atoms with Gasteiger partial charge in [-0.3, -0.25) is 0 Å². The fraction of sp³-hybridized carbons (Fsp3) is 0.286. The summed E-state index contributed by atoms with van der Waals surface area (Å²) in [5.74, 6) is -0.165. The van der Waals surface area contributed by atoms with Crippen LogP contribution >= 0.6 is 0 Å². The third kappa shape index (κ3) is 4.72. The molecule has 0 aromatic heterocycles. The van der Waals surface area contributed by atoms with E-state index in [1.54, 1.807) is 6.08 Å².